The van der Waals surface area contributed by atoms with Gasteiger partial charge in [0.15, 0.2) is 0 Å². The zero-order chi connectivity index (χ0) is 21.1. The van der Waals surface area contributed by atoms with Crippen LogP contribution in [0.1, 0.15) is 18.9 Å². The van der Waals surface area contributed by atoms with Crippen LogP contribution in [0, 0.1) is 11.7 Å². The molecule has 0 saturated carbocycles. The molecule has 0 radical (unpaired) electrons. The first-order chi connectivity index (χ1) is 14.5. The second kappa shape index (κ2) is 8.67. The predicted octanol–water partition coefficient (Wildman–Crippen LogP) is 5.49. The lowest BCUT2D eigenvalue weighted by molar-refractivity contribution is 0.197. The first-order valence-electron chi connectivity index (χ1n) is 9.60. The fourth-order valence-corrected chi connectivity index (χ4v) is 3.60. The minimum absolute atomic E-state index is 0.0637. The number of aromatic nitrogens is 2. The van der Waals surface area contributed by atoms with Crippen LogP contribution in [-0.4, -0.2) is 34.2 Å². The molecule has 1 aromatic heterocycles. The summed E-state index contributed by atoms with van der Waals surface area (Å²) < 4.78 is 18.9. The summed E-state index contributed by atoms with van der Waals surface area (Å²) in [7, 11) is 0. The molecule has 1 N–H and O–H groups in total. The summed E-state index contributed by atoms with van der Waals surface area (Å²) in [5.41, 5.74) is 2.82. The molecule has 8 heteroatoms. The molecule has 3 aromatic rings. The van der Waals surface area contributed by atoms with E-state index >= 15 is 0 Å². The Morgan fingerprint density at radius 2 is 2.07 bits per heavy atom. The third-order valence-corrected chi connectivity index (χ3v) is 5.33. The van der Waals surface area contributed by atoms with Crippen LogP contribution in [0.5, 0.6) is 0 Å². The van der Waals surface area contributed by atoms with Crippen LogP contribution in [0.25, 0.3) is 17.5 Å². The van der Waals surface area contributed by atoms with Gasteiger partial charge in [-0.25, -0.2) is 9.18 Å². The maximum Gasteiger partial charge on any atom is 0.325 e. The fourth-order valence-electron chi connectivity index (χ4n) is 3.41. The van der Waals surface area contributed by atoms with Gasteiger partial charge in [-0.3, -0.25) is 5.32 Å². The minimum Gasteiger partial charge on any atom is -0.403 e. The number of anilines is 1. The fraction of sp³-hybridized carbons (Fsp3) is 0.227. The van der Waals surface area contributed by atoms with E-state index in [-0.39, 0.29) is 23.0 Å². The average molecular weight is 427 g/mol. The largest absolute Gasteiger partial charge is 0.403 e. The minimum atomic E-state index is -0.435. The van der Waals surface area contributed by atoms with E-state index in [9.17, 15) is 9.18 Å². The van der Waals surface area contributed by atoms with Crippen LogP contribution in [0.2, 0.25) is 5.02 Å². The summed E-state index contributed by atoms with van der Waals surface area (Å²) >= 11 is 5.87. The Hall–Kier alpha value is -3.19. The molecule has 154 valence electrons. The van der Waals surface area contributed by atoms with Crippen LogP contribution in [0.4, 0.5) is 15.2 Å². The third-order valence-electron chi connectivity index (χ3n) is 5.04. The van der Waals surface area contributed by atoms with Crippen molar-refractivity contribution in [3.05, 3.63) is 70.5 Å². The molecule has 1 saturated heterocycles. The smallest absolute Gasteiger partial charge is 0.325 e. The number of amides is 2. The molecular formula is C22H20ClFN4O2. The van der Waals surface area contributed by atoms with Gasteiger partial charge in [0.05, 0.1) is 5.02 Å². The van der Waals surface area contributed by atoms with Gasteiger partial charge in [-0.15, -0.1) is 5.10 Å². The van der Waals surface area contributed by atoms with Gasteiger partial charge in [0.1, 0.15) is 5.82 Å². The molecule has 0 spiro atoms. The lowest BCUT2D eigenvalue weighted by Gasteiger charge is -2.32. The number of urea groups is 1. The van der Waals surface area contributed by atoms with E-state index in [1.165, 1.54) is 11.6 Å². The van der Waals surface area contributed by atoms with Crippen molar-refractivity contribution < 1.29 is 13.6 Å². The summed E-state index contributed by atoms with van der Waals surface area (Å²) in [6, 6.07) is 13.8. The normalized spacial score (nSPS) is 17.9. The van der Waals surface area contributed by atoms with E-state index in [0.29, 0.717) is 25.4 Å². The van der Waals surface area contributed by atoms with Crippen molar-refractivity contribution >= 4 is 29.7 Å². The molecule has 2 aromatic carbocycles. The van der Waals surface area contributed by atoms with Gasteiger partial charge in [-0.1, -0.05) is 59.5 Å². The summed E-state index contributed by atoms with van der Waals surface area (Å²) in [4.78, 5) is 14.3. The number of carbonyl (C=O) groups excluding carboxylic acids is 1. The Labute approximate surface area is 178 Å². The molecule has 0 aliphatic carbocycles. The zero-order valence-electron chi connectivity index (χ0n) is 16.3. The Kier molecular flexibility index (Phi) is 5.81. The molecule has 1 aliphatic heterocycles. The molecule has 1 atom stereocenters. The molecule has 1 fully saturated rings. The SMILES string of the molecule is CC1CN(C(=O)Nc2nnc(-c3ccccc3)o2)CCC1=Cc1ccc(F)c(Cl)c1. The van der Waals surface area contributed by atoms with Crippen molar-refractivity contribution in [1.82, 2.24) is 15.1 Å². The first kappa shape index (κ1) is 20.1. The zero-order valence-corrected chi connectivity index (χ0v) is 17.1. The molecule has 6 nitrogen and oxygen atoms in total. The maximum absolute atomic E-state index is 13.4. The number of nitrogens with one attached hydrogen (secondary N) is 1. The molecular weight excluding hydrogens is 407 g/mol. The molecule has 2 heterocycles. The number of nitrogens with zero attached hydrogens (tertiary/aromatic N) is 3. The Morgan fingerprint density at radius 3 is 2.80 bits per heavy atom. The lowest BCUT2D eigenvalue weighted by Crippen LogP contribution is -2.42. The number of benzene rings is 2. The quantitative estimate of drug-likeness (QED) is 0.601. The average Bonchev–Trinajstić information content (AvgIpc) is 3.21. The van der Waals surface area contributed by atoms with Crippen LogP contribution >= 0.6 is 11.6 Å². The highest BCUT2D eigenvalue weighted by molar-refractivity contribution is 6.30. The molecule has 4 rings (SSSR count). The maximum atomic E-state index is 13.4. The highest BCUT2D eigenvalue weighted by atomic mass is 35.5. The number of hydrogen-bond donors (Lipinski definition) is 1. The number of rotatable bonds is 3. The van der Waals surface area contributed by atoms with Crippen LogP contribution in [-0.2, 0) is 0 Å². The van der Waals surface area contributed by atoms with Gasteiger partial charge in [0, 0.05) is 18.7 Å². The number of piperidine rings is 1. The molecule has 1 aliphatic rings. The Balaban J connectivity index is 1.38. The van der Waals surface area contributed by atoms with Crippen molar-refractivity contribution in [3.63, 3.8) is 0 Å². The topological polar surface area (TPSA) is 71.3 Å². The number of hydrogen-bond acceptors (Lipinski definition) is 4. The highest BCUT2D eigenvalue weighted by Gasteiger charge is 2.25. The van der Waals surface area contributed by atoms with E-state index in [4.69, 9.17) is 16.0 Å². The summed E-state index contributed by atoms with van der Waals surface area (Å²) in [5, 5.41) is 10.6. The van der Waals surface area contributed by atoms with Gasteiger partial charge in [-0.05, 0) is 42.2 Å². The van der Waals surface area contributed by atoms with E-state index in [2.05, 4.69) is 22.4 Å². The van der Waals surface area contributed by atoms with Crippen molar-refractivity contribution in [2.24, 2.45) is 5.92 Å². The summed E-state index contributed by atoms with van der Waals surface area (Å²) in [5.74, 6) is 0.0618. The number of halogens is 2. The molecule has 1 unspecified atom stereocenters. The van der Waals surface area contributed by atoms with Gasteiger partial charge in [0.2, 0.25) is 5.89 Å². The van der Waals surface area contributed by atoms with Crippen LogP contribution in [0.15, 0.2) is 58.5 Å². The molecule has 0 bridgehead atoms. The Morgan fingerprint density at radius 1 is 1.27 bits per heavy atom. The summed E-state index contributed by atoms with van der Waals surface area (Å²) in [6.07, 6.45) is 2.72. The van der Waals surface area contributed by atoms with Gasteiger partial charge in [-0.2, -0.15) is 0 Å². The molecule has 2 amide bonds. The van der Waals surface area contributed by atoms with Crippen molar-refractivity contribution in [2.75, 3.05) is 18.4 Å². The van der Waals surface area contributed by atoms with Crippen molar-refractivity contribution in [2.45, 2.75) is 13.3 Å². The number of carbonyl (C=O) groups is 1. The van der Waals surface area contributed by atoms with Gasteiger partial charge >= 0.3 is 12.0 Å². The standard InChI is InChI=1S/C22H20ClFN4O2/c1-14-13-28(10-9-17(14)11-15-7-8-19(24)18(23)12-15)22(29)25-21-27-26-20(30-21)16-5-3-2-4-6-16/h2-8,11-12,14H,9-10,13H2,1H3,(H,25,27,29). The van der Waals surface area contributed by atoms with E-state index in [0.717, 1.165) is 11.1 Å². The summed E-state index contributed by atoms with van der Waals surface area (Å²) in [6.45, 7) is 3.15. The number of likely N-dealkylation sites (tertiary alicyclic amines) is 1. The van der Waals surface area contributed by atoms with Gasteiger partial charge < -0.3 is 9.32 Å². The lowest BCUT2D eigenvalue weighted by atomic mass is 9.91. The van der Waals surface area contributed by atoms with E-state index in [1.54, 1.807) is 17.0 Å². The third kappa shape index (κ3) is 4.52. The predicted molar refractivity (Wildman–Crippen MR) is 113 cm³/mol. The van der Waals surface area contributed by atoms with E-state index in [1.807, 2.05) is 36.4 Å². The van der Waals surface area contributed by atoms with Crippen molar-refractivity contribution in [1.29, 1.82) is 0 Å². The molecule has 30 heavy (non-hydrogen) atoms. The Bertz CT molecular complexity index is 1080. The van der Waals surface area contributed by atoms with Crippen molar-refractivity contribution in [3.8, 4) is 11.5 Å². The highest BCUT2D eigenvalue weighted by Crippen LogP contribution is 2.27. The van der Waals surface area contributed by atoms with Crippen LogP contribution < -0.4 is 5.32 Å². The van der Waals surface area contributed by atoms with E-state index < -0.39 is 5.82 Å². The monoisotopic (exact) mass is 426 g/mol. The van der Waals surface area contributed by atoms with Crippen LogP contribution in [0.3, 0.4) is 0 Å². The second-order valence-electron chi connectivity index (χ2n) is 7.20. The van der Waals surface area contributed by atoms with Gasteiger partial charge in [0.25, 0.3) is 0 Å². The second-order valence-corrected chi connectivity index (χ2v) is 7.61. The first-order valence-corrected chi connectivity index (χ1v) is 9.98.